The van der Waals surface area contributed by atoms with E-state index in [1.54, 1.807) is 0 Å². The maximum absolute atomic E-state index is 11.0. The molecule has 0 atom stereocenters. The third-order valence-corrected chi connectivity index (χ3v) is 4.80. The minimum Gasteiger partial charge on any atom is -0.385 e. The van der Waals surface area contributed by atoms with Crippen molar-refractivity contribution in [2.75, 3.05) is 0 Å². The van der Waals surface area contributed by atoms with Crippen molar-refractivity contribution in [2.45, 2.75) is 52.1 Å². The van der Waals surface area contributed by atoms with Crippen LogP contribution in [0, 0.1) is 12.3 Å². The lowest BCUT2D eigenvalue weighted by molar-refractivity contribution is -0.0304. The number of fused-ring (bicyclic) bond motifs is 1. The fraction of sp³-hybridized carbons (Fsp3) is 0.500. The number of nitrogens with zero attached hydrogens (tertiary/aromatic N) is 1. The molecule has 1 aliphatic rings. The molecule has 0 amide bonds. The zero-order valence-corrected chi connectivity index (χ0v) is 12.6. The molecule has 0 spiro atoms. The summed E-state index contributed by atoms with van der Waals surface area (Å²) in [7, 11) is 0. The Balaban J connectivity index is 1.96. The first-order chi connectivity index (χ1) is 9.38. The van der Waals surface area contributed by atoms with E-state index < -0.39 is 5.60 Å². The molecule has 20 heavy (non-hydrogen) atoms. The van der Waals surface area contributed by atoms with E-state index in [9.17, 15) is 5.11 Å². The van der Waals surface area contributed by atoms with Crippen LogP contribution in [0.3, 0.4) is 0 Å². The Hall–Kier alpha value is -1.41. The van der Waals surface area contributed by atoms with E-state index >= 15 is 0 Å². The first-order valence-electron chi connectivity index (χ1n) is 7.48. The predicted molar refractivity (Wildman–Crippen MR) is 82.6 cm³/mol. The Bertz CT molecular complexity index is 635. The Labute approximate surface area is 120 Å². The van der Waals surface area contributed by atoms with Crippen LogP contribution in [0.2, 0.25) is 0 Å². The monoisotopic (exact) mass is 269 g/mol. The third kappa shape index (κ3) is 2.45. The lowest BCUT2D eigenvalue weighted by Gasteiger charge is -2.40. The molecular formula is C18H23NO. The van der Waals surface area contributed by atoms with Gasteiger partial charge in [-0.2, -0.15) is 0 Å². The molecule has 1 aliphatic carbocycles. The van der Waals surface area contributed by atoms with Crippen LogP contribution in [0.4, 0.5) is 0 Å². The first-order valence-corrected chi connectivity index (χ1v) is 7.48. The summed E-state index contributed by atoms with van der Waals surface area (Å²) in [5.74, 6) is 0. The molecule has 1 fully saturated rings. The molecule has 0 bridgehead atoms. The maximum Gasteiger partial charge on any atom is 0.0897 e. The summed E-state index contributed by atoms with van der Waals surface area (Å²) in [6.07, 6.45) is 3.86. The van der Waals surface area contributed by atoms with Gasteiger partial charge in [-0.1, -0.05) is 26.0 Å². The lowest BCUT2D eigenvalue weighted by Crippen LogP contribution is -2.34. The van der Waals surface area contributed by atoms with Gasteiger partial charge in [0.15, 0.2) is 0 Å². The van der Waals surface area contributed by atoms with Crippen molar-refractivity contribution in [1.29, 1.82) is 0 Å². The van der Waals surface area contributed by atoms with Crippen LogP contribution in [0.25, 0.3) is 10.9 Å². The molecule has 0 unspecified atom stereocenters. The minimum absolute atomic E-state index is 0.363. The van der Waals surface area contributed by atoms with Gasteiger partial charge in [-0.3, -0.25) is 4.98 Å². The van der Waals surface area contributed by atoms with Crippen LogP contribution in [-0.4, -0.2) is 10.1 Å². The summed E-state index contributed by atoms with van der Waals surface area (Å²) in [5.41, 5.74) is 2.79. The van der Waals surface area contributed by atoms with Crippen LogP contribution >= 0.6 is 0 Å². The van der Waals surface area contributed by atoms with Crippen molar-refractivity contribution in [3.05, 3.63) is 41.6 Å². The number of aliphatic hydroxyl groups is 1. The fourth-order valence-corrected chi connectivity index (χ4v) is 3.15. The normalized spacial score (nSPS) is 21.0. The Morgan fingerprint density at radius 3 is 2.40 bits per heavy atom. The van der Waals surface area contributed by atoms with Gasteiger partial charge in [0.05, 0.1) is 11.1 Å². The van der Waals surface area contributed by atoms with E-state index in [4.69, 9.17) is 0 Å². The molecule has 3 rings (SSSR count). The second kappa shape index (κ2) is 4.56. The quantitative estimate of drug-likeness (QED) is 0.835. The SMILES string of the molecule is Cc1ccc2cc(C3(O)CCC(C)(C)CC3)ccc2n1. The van der Waals surface area contributed by atoms with E-state index in [0.717, 1.165) is 47.8 Å². The van der Waals surface area contributed by atoms with Crippen molar-refractivity contribution in [2.24, 2.45) is 5.41 Å². The van der Waals surface area contributed by atoms with Gasteiger partial charge in [-0.25, -0.2) is 0 Å². The highest BCUT2D eigenvalue weighted by Crippen LogP contribution is 2.45. The van der Waals surface area contributed by atoms with Crippen LogP contribution < -0.4 is 0 Å². The molecule has 2 nitrogen and oxygen atoms in total. The van der Waals surface area contributed by atoms with Crippen molar-refractivity contribution >= 4 is 10.9 Å². The van der Waals surface area contributed by atoms with E-state index in [1.165, 1.54) is 0 Å². The molecule has 0 aliphatic heterocycles. The Morgan fingerprint density at radius 2 is 1.70 bits per heavy atom. The zero-order chi connectivity index (χ0) is 14.4. The number of aryl methyl sites for hydroxylation is 1. The molecule has 106 valence electrons. The second-order valence-electron chi connectivity index (χ2n) is 7.06. The van der Waals surface area contributed by atoms with Crippen LogP contribution in [0.1, 0.15) is 50.8 Å². The number of hydrogen-bond acceptors (Lipinski definition) is 2. The number of benzene rings is 1. The van der Waals surface area contributed by atoms with Gasteiger partial charge in [-0.15, -0.1) is 0 Å². The molecule has 2 heteroatoms. The average Bonchev–Trinajstić information content (AvgIpc) is 2.42. The zero-order valence-electron chi connectivity index (χ0n) is 12.6. The van der Waals surface area contributed by atoms with Crippen molar-refractivity contribution in [1.82, 2.24) is 4.98 Å². The summed E-state index contributed by atoms with van der Waals surface area (Å²) >= 11 is 0. The van der Waals surface area contributed by atoms with Crippen molar-refractivity contribution in [3.8, 4) is 0 Å². The number of rotatable bonds is 1. The molecular weight excluding hydrogens is 246 g/mol. The van der Waals surface area contributed by atoms with Gasteiger partial charge in [0.2, 0.25) is 0 Å². The molecule has 1 saturated carbocycles. The Morgan fingerprint density at radius 1 is 1.00 bits per heavy atom. The molecule has 1 N–H and O–H groups in total. The lowest BCUT2D eigenvalue weighted by atomic mass is 9.69. The largest absolute Gasteiger partial charge is 0.385 e. The highest BCUT2D eigenvalue weighted by molar-refractivity contribution is 5.79. The smallest absolute Gasteiger partial charge is 0.0897 e. The highest BCUT2D eigenvalue weighted by atomic mass is 16.3. The standard InChI is InChI=1S/C18H23NO/c1-13-4-5-14-12-15(6-7-16(14)19-13)18(20)10-8-17(2,3)9-11-18/h4-7,12,20H,8-11H2,1-3H3. The molecule has 0 saturated heterocycles. The van der Waals surface area contributed by atoms with E-state index in [0.29, 0.717) is 5.41 Å². The van der Waals surface area contributed by atoms with Gasteiger partial charge in [0.1, 0.15) is 0 Å². The highest BCUT2D eigenvalue weighted by Gasteiger charge is 2.37. The number of hydrogen-bond donors (Lipinski definition) is 1. The minimum atomic E-state index is -0.658. The summed E-state index contributed by atoms with van der Waals surface area (Å²) in [6, 6.07) is 10.3. The van der Waals surface area contributed by atoms with Gasteiger partial charge < -0.3 is 5.11 Å². The molecule has 1 aromatic carbocycles. The van der Waals surface area contributed by atoms with Gasteiger partial charge in [0, 0.05) is 11.1 Å². The van der Waals surface area contributed by atoms with E-state index in [2.05, 4.69) is 31.0 Å². The molecule has 2 aromatic rings. The first kappa shape index (κ1) is 13.6. The summed E-state index contributed by atoms with van der Waals surface area (Å²) < 4.78 is 0. The van der Waals surface area contributed by atoms with Crippen LogP contribution in [-0.2, 0) is 5.60 Å². The third-order valence-electron chi connectivity index (χ3n) is 4.80. The van der Waals surface area contributed by atoms with Crippen LogP contribution in [0.15, 0.2) is 30.3 Å². The molecule has 1 heterocycles. The fourth-order valence-electron chi connectivity index (χ4n) is 3.15. The maximum atomic E-state index is 11.0. The predicted octanol–water partition coefficient (Wildman–Crippen LogP) is 4.33. The van der Waals surface area contributed by atoms with E-state index in [-0.39, 0.29) is 0 Å². The summed E-state index contributed by atoms with van der Waals surface area (Å²) in [6.45, 7) is 6.59. The van der Waals surface area contributed by atoms with E-state index in [1.807, 2.05) is 25.1 Å². The molecule has 0 radical (unpaired) electrons. The summed E-state index contributed by atoms with van der Waals surface area (Å²) in [5, 5.41) is 12.1. The summed E-state index contributed by atoms with van der Waals surface area (Å²) in [4.78, 5) is 4.53. The molecule has 1 aromatic heterocycles. The number of aromatic nitrogens is 1. The van der Waals surface area contributed by atoms with Crippen LogP contribution in [0.5, 0.6) is 0 Å². The number of pyridine rings is 1. The van der Waals surface area contributed by atoms with Gasteiger partial charge >= 0.3 is 0 Å². The van der Waals surface area contributed by atoms with Crippen molar-refractivity contribution in [3.63, 3.8) is 0 Å². The second-order valence-corrected chi connectivity index (χ2v) is 7.06. The average molecular weight is 269 g/mol. The Kier molecular flexibility index (Phi) is 3.09. The topological polar surface area (TPSA) is 33.1 Å². The van der Waals surface area contributed by atoms with Crippen molar-refractivity contribution < 1.29 is 5.11 Å². The van der Waals surface area contributed by atoms with Gasteiger partial charge in [-0.05, 0) is 61.8 Å². The van der Waals surface area contributed by atoms with Gasteiger partial charge in [0.25, 0.3) is 0 Å².